The number of aliphatic hydroxyl groups is 1. The summed E-state index contributed by atoms with van der Waals surface area (Å²) >= 11 is 1.70. The van der Waals surface area contributed by atoms with Crippen LogP contribution in [-0.2, 0) is 17.6 Å². The van der Waals surface area contributed by atoms with Crippen LogP contribution in [0.2, 0.25) is 0 Å². The maximum absolute atomic E-state index is 8.76. The van der Waals surface area contributed by atoms with E-state index >= 15 is 0 Å². The zero-order valence-electron chi connectivity index (χ0n) is 8.11. The van der Waals surface area contributed by atoms with Crippen LogP contribution in [0.5, 0.6) is 0 Å². The first-order valence-corrected chi connectivity index (χ1v) is 5.88. The van der Waals surface area contributed by atoms with Gasteiger partial charge in [0.05, 0.1) is 10.7 Å². The van der Waals surface area contributed by atoms with Gasteiger partial charge in [-0.15, -0.1) is 11.3 Å². The molecule has 0 saturated carbocycles. The van der Waals surface area contributed by atoms with E-state index in [0.29, 0.717) is 12.3 Å². The third kappa shape index (κ3) is 2.53. The van der Waals surface area contributed by atoms with E-state index < -0.39 is 0 Å². The van der Waals surface area contributed by atoms with Gasteiger partial charge in [-0.2, -0.15) is 0 Å². The Morgan fingerprint density at radius 2 is 2.57 bits per heavy atom. The summed E-state index contributed by atoms with van der Waals surface area (Å²) in [5, 5.41) is 12.0. The molecule has 1 saturated heterocycles. The second-order valence-electron chi connectivity index (χ2n) is 3.64. The summed E-state index contributed by atoms with van der Waals surface area (Å²) in [5.41, 5.74) is 1.02. The van der Waals surface area contributed by atoms with Crippen molar-refractivity contribution in [3.8, 4) is 0 Å². The molecule has 1 atom stereocenters. The number of hydrogen-bond acceptors (Lipinski definition) is 4. The number of aliphatic hydroxyl groups excluding tert-OH is 1. The van der Waals surface area contributed by atoms with Gasteiger partial charge in [0.15, 0.2) is 0 Å². The number of aromatic nitrogens is 1. The number of rotatable bonds is 4. The lowest BCUT2D eigenvalue weighted by Crippen LogP contribution is -2.03. The Hall–Kier alpha value is -0.450. The van der Waals surface area contributed by atoms with Gasteiger partial charge in [0, 0.05) is 38.0 Å². The van der Waals surface area contributed by atoms with Crippen LogP contribution in [0.15, 0.2) is 5.38 Å². The van der Waals surface area contributed by atoms with Crippen molar-refractivity contribution < 1.29 is 9.84 Å². The monoisotopic (exact) mass is 213 g/mol. The minimum Gasteiger partial charge on any atom is -0.396 e. The SMILES string of the molecule is OCCc1csc(CC2CCOC2)n1. The summed E-state index contributed by atoms with van der Waals surface area (Å²) in [6, 6.07) is 0. The van der Waals surface area contributed by atoms with Crippen LogP contribution in [0.25, 0.3) is 0 Å². The van der Waals surface area contributed by atoms with E-state index in [2.05, 4.69) is 4.98 Å². The summed E-state index contributed by atoms with van der Waals surface area (Å²) in [7, 11) is 0. The second-order valence-corrected chi connectivity index (χ2v) is 4.58. The Morgan fingerprint density at radius 1 is 1.64 bits per heavy atom. The third-order valence-electron chi connectivity index (χ3n) is 2.45. The number of hydrogen-bond donors (Lipinski definition) is 1. The lowest BCUT2D eigenvalue weighted by Gasteiger charge is -2.02. The zero-order chi connectivity index (χ0) is 9.80. The number of thiazole rings is 1. The van der Waals surface area contributed by atoms with Gasteiger partial charge < -0.3 is 9.84 Å². The second kappa shape index (κ2) is 4.87. The van der Waals surface area contributed by atoms with E-state index in [1.807, 2.05) is 5.38 Å². The van der Waals surface area contributed by atoms with Crippen molar-refractivity contribution in [2.45, 2.75) is 19.3 Å². The summed E-state index contributed by atoms with van der Waals surface area (Å²) in [4.78, 5) is 4.47. The van der Waals surface area contributed by atoms with Crippen LogP contribution in [0.3, 0.4) is 0 Å². The largest absolute Gasteiger partial charge is 0.396 e. The minimum atomic E-state index is 0.190. The number of ether oxygens (including phenoxy) is 1. The molecule has 1 unspecified atom stereocenters. The highest BCUT2D eigenvalue weighted by molar-refractivity contribution is 7.09. The highest BCUT2D eigenvalue weighted by Gasteiger charge is 2.17. The topological polar surface area (TPSA) is 42.4 Å². The molecule has 1 N–H and O–H groups in total. The normalized spacial score (nSPS) is 21.6. The van der Waals surface area contributed by atoms with Gasteiger partial charge in [-0.1, -0.05) is 0 Å². The van der Waals surface area contributed by atoms with Gasteiger partial charge in [-0.25, -0.2) is 4.98 Å². The lowest BCUT2D eigenvalue weighted by molar-refractivity contribution is 0.186. The van der Waals surface area contributed by atoms with Crippen molar-refractivity contribution in [1.82, 2.24) is 4.98 Å². The van der Waals surface area contributed by atoms with Gasteiger partial charge in [-0.05, 0) is 12.3 Å². The molecule has 1 aliphatic heterocycles. The van der Waals surface area contributed by atoms with E-state index in [0.717, 1.165) is 31.7 Å². The highest BCUT2D eigenvalue weighted by atomic mass is 32.1. The molecule has 3 nitrogen and oxygen atoms in total. The standard InChI is InChI=1S/C10H15NO2S/c12-3-1-9-7-14-10(11-9)5-8-2-4-13-6-8/h7-8,12H,1-6H2. The van der Waals surface area contributed by atoms with Gasteiger partial charge in [0.25, 0.3) is 0 Å². The molecule has 2 rings (SSSR count). The van der Waals surface area contributed by atoms with E-state index in [-0.39, 0.29) is 6.61 Å². The molecule has 1 aliphatic rings. The predicted molar refractivity (Wildman–Crippen MR) is 55.5 cm³/mol. The summed E-state index contributed by atoms with van der Waals surface area (Å²) in [6.07, 6.45) is 2.88. The molecule has 14 heavy (non-hydrogen) atoms. The minimum absolute atomic E-state index is 0.190. The van der Waals surface area contributed by atoms with Gasteiger partial charge in [-0.3, -0.25) is 0 Å². The first-order valence-electron chi connectivity index (χ1n) is 5.00. The molecular weight excluding hydrogens is 198 g/mol. The van der Waals surface area contributed by atoms with Crippen LogP contribution in [0, 0.1) is 5.92 Å². The average Bonchev–Trinajstić information content (AvgIpc) is 2.79. The Bertz CT molecular complexity index is 281. The molecule has 0 bridgehead atoms. The maximum Gasteiger partial charge on any atom is 0.0931 e. The van der Waals surface area contributed by atoms with E-state index in [4.69, 9.17) is 9.84 Å². The first-order chi connectivity index (χ1) is 6.88. The summed E-state index contributed by atoms with van der Waals surface area (Å²) in [5.74, 6) is 0.656. The molecule has 78 valence electrons. The molecule has 0 aliphatic carbocycles. The van der Waals surface area contributed by atoms with Crippen molar-refractivity contribution in [2.75, 3.05) is 19.8 Å². The van der Waals surface area contributed by atoms with Crippen LogP contribution in [0.1, 0.15) is 17.1 Å². The lowest BCUT2D eigenvalue weighted by atomic mass is 10.1. The summed E-state index contributed by atoms with van der Waals surface area (Å²) in [6.45, 7) is 1.98. The average molecular weight is 213 g/mol. The van der Waals surface area contributed by atoms with Crippen LogP contribution < -0.4 is 0 Å². The molecule has 1 aromatic heterocycles. The molecule has 1 aromatic rings. The van der Waals surface area contributed by atoms with Gasteiger partial charge in [0.1, 0.15) is 0 Å². The molecule has 0 aromatic carbocycles. The van der Waals surface area contributed by atoms with Crippen molar-refractivity contribution in [3.63, 3.8) is 0 Å². The van der Waals surface area contributed by atoms with E-state index in [9.17, 15) is 0 Å². The van der Waals surface area contributed by atoms with Crippen molar-refractivity contribution in [3.05, 3.63) is 16.1 Å². The van der Waals surface area contributed by atoms with E-state index in [1.54, 1.807) is 11.3 Å². The van der Waals surface area contributed by atoms with Gasteiger partial charge in [0.2, 0.25) is 0 Å². The Balaban J connectivity index is 1.88. The van der Waals surface area contributed by atoms with Crippen LogP contribution in [0.4, 0.5) is 0 Å². The van der Waals surface area contributed by atoms with Crippen molar-refractivity contribution in [1.29, 1.82) is 0 Å². The van der Waals surface area contributed by atoms with Crippen LogP contribution in [-0.4, -0.2) is 29.9 Å². The molecule has 2 heterocycles. The van der Waals surface area contributed by atoms with Crippen LogP contribution >= 0.6 is 11.3 Å². The molecule has 1 fully saturated rings. The highest BCUT2D eigenvalue weighted by Crippen LogP contribution is 2.20. The zero-order valence-corrected chi connectivity index (χ0v) is 8.92. The molecule has 0 amide bonds. The maximum atomic E-state index is 8.76. The number of nitrogens with zero attached hydrogens (tertiary/aromatic N) is 1. The fraction of sp³-hybridized carbons (Fsp3) is 0.700. The Labute approximate surface area is 87.7 Å². The fourth-order valence-electron chi connectivity index (χ4n) is 1.66. The Kier molecular flexibility index (Phi) is 3.50. The quantitative estimate of drug-likeness (QED) is 0.818. The third-order valence-corrected chi connectivity index (χ3v) is 3.37. The summed E-state index contributed by atoms with van der Waals surface area (Å²) < 4.78 is 5.32. The predicted octanol–water partition coefficient (Wildman–Crippen LogP) is 1.26. The fourth-order valence-corrected chi connectivity index (χ4v) is 2.61. The molecule has 0 radical (unpaired) electrons. The van der Waals surface area contributed by atoms with E-state index in [1.165, 1.54) is 5.01 Å². The van der Waals surface area contributed by atoms with Crippen molar-refractivity contribution >= 4 is 11.3 Å². The molecule has 4 heteroatoms. The Morgan fingerprint density at radius 3 is 3.29 bits per heavy atom. The molecular formula is C10H15NO2S. The van der Waals surface area contributed by atoms with Crippen molar-refractivity contribution in [2.24, 2.45) is 5.92 Å². The van der Waals surface area contributed by atoms with Gasteiger partial charge >= 0.3 is 0 Å². The first kappa shape index (κ1) is 10.1. The molecule has 0 spiro atoms. The smallest absolute Gasteiger partial charge is 0.0931 e.